The maximum atomic E-state index is 10.3. The van der Waals surface area contributed by atoms with E-state index in [1.54, 1.807) is 0 Å². The van der Waals surface area contributed by atoms with Gasteiger partial charge in [-0.1, -0.05) is 176 Å². The molecule has 9 aromatic carbocycles. The smallest absolute Gasteiger partial charge is 0.0645 e. The predicted octanol–water partition coefficient (Wildman–Crippen LogP) is 15.2. The Morgan fingerprint density at radius 2 is 0.982 bits per heavy atom. The SMILES string of the molecule is [2H]c1c([2H])c([2H])c(-c2c([2H])c([2H])c(N(c3c([2H])c([2H])c([2H])c([2H])c3[2H])c3c([2H])c([2H])c(-c4c([2H])c([2H])c5c([2H])c([2H])c([2H])c([2H])c5c4N4c5c([2H])c([2H])c([2H])c([2H])c5C([2H])(C([2H])([2H])[2H])c5c(-c6c([2H])c([2H])c([2H])c([2H])c6[2H])c([2H])c([2H])c([2H])c54)c([2H])c3[2H])c([2H])c2[2H])c([2H])c1[2H]. The van der Waals surface area contributed by atoms with Gasteiger partial charge in [-0.2, -0.15) is 0 Å². The van der Waals surface area contributed by atoms with Crippen molar-refractivity contribution in [3.63, 3.8) is 0 Å². The predicted molar refractivity (Wildman–Crippen MR) is 237 cm³/mol. The Balaban J connectivity index is 1.48. The van der Waals surface area contributed by atoms with Crippen LogP contribution in [0.4, 0.5) is 34.1 Å². The molecule has 0 N–H and O–H groups in total. The molecule has 1 aliphatic rings. The zero-order valence-electron chi connectivity index (χ0n) is 67.9. The van der Waals surface area contributed by atoms with Gasteiger partial charge in [0.05, 0.1) is 60.7 Å². The molecular weight excluding hydrogens is 677 g/mol. The lowest BCUT2D eigenvalue weighted by atomic mass is 9.81. The summed E-state index contributed by atoms with van der Waals surface area (Å²) < 4.78 is 366. The summed E-state index contributed by atoms with van der Waals surface area (Å²) in [5.41, 5.74) is -17.6. The van der Waals surface area contributed by atoms with Crippen LogP contribution in [0.2, 0.25) is 0 Å². The van der Waals surface area contributed by atoms with Crippen LogP contribution in [-0.4, -0.2) is 0 Å². The monoisotopic (exact) mass is 757 g/mol. The van der Waals surface area contributed by atoms with E-state index in [1.165, 1.54) is 0 Å². The third-order valence-corrected chi connectivity index (χ3v) is 8.30. The van der Waals surface area contributed by atoms with E-state index in [0.717, 1.165) is 0 Å². The minimum atomic E-state index is -4.09. The molecule has 0 fully saturated rings. The number of benzene rings is 9. The summed E-state index contributed by atoms with van der Waals surface area (Å²) in [7, 11) is 0. The Bertz CT molecular complexity index is 4950. The highest BCUT2D eigenvalue weighted by molar-refractivity contribution is 6.08. The maximum absolute atomic E-state index is 10.3. The first kappa shape index (κ1) is 11.7. The van der Waals surface area contributed by atoms with Gasteiger partial charge in [-0.05, 0) is 92.7 Å². The zero-order chi connectivity index (χ0) is 72.2. The first-order chi connectivity index (χ1) is 44.3. The third-order valence-electron chi connectivity index (χ3n) is 8.30. The quantitative estimate of drug-likeness (QED) is 0.160. The summed E-state index contributed by atoms with van der Waals surface area (Å²) in [5.74, 6) is -3.91. The van der Waals surface area contributed by atoms with Gasteiger partial charge in [-0.15, -0.1) is 0 Å². The molecule has 0 bridgehead atoms. The fourth-order valence-electron chi connectivity index (χ4n) is 5.93. The van der Waals surface area contributed by atoms with Crippen LogP contribution in [0.15, 0.2) is 218 Å². The van der Waals surface area contributed by atoms with E-state index < -0.39 is 320 Å². The number of hydrogen-bond donors (Lipinski definition) is 0. The van der Waals surface area contributed by atoms with Crippen molar-refractivity contribution in [1.29, 1.82) is 0 Å². The van der Waals surface area contributed by atoms with E-state index >= 15 is 0 Å². The van der Waals surface area contributed by atoms with Gasteiger partial charge in [0.2, 0.25) is 0 Å². The van der Waals surface area contributed by atoms with Gasteiger partial charge < -0.3 is 9.80 Å². The molecule has 9 aromatic rings. The molecule has 0 saturated carbocycles. The third kappa shape index (κ3) is 5.84. The van der Waals surface area contributed by atoms with Gasteiger partial charge in [0.15, 0.2) is 0 Å². The van der Waals surface area contributed by atoms with Gasteiger partial charge in [-0.3, -0.25) is 0 Å². The molecular formula is C54H40N2. The van der Waals surface area contributed by atoms with Crippen LogP contribution in [0.1, 0.15) is 78.7 Å². The minimum absolute atomic E-state index is 0.184. The molecule has 1 unspecified atom stereocenters. The highest BCUT2D eigenvalue weighted by atomic mass is 15.2. The number of nitrogens with zero attached hydrogens (tertiary/aromatic N) is 2. The molecule has 10 rings (SSSR count). The Morgan fingerprint density at radius 1 is 0.446 bits per heavy atom. The number of rotatable bonds is 7. The van der Waals surface area contributed by atoms with E-state index in [-0.39, 0.29) is 4.90 Å². The molecule has 1 atom stereocenters. The van der Waals surface area contributed by atoms with Crippen molar-refractivity contribution in [1.82, 2.24) is 0 Å². The second-order valence-corrected chi connectivity index (χ2v) is 11.4. The summed E-state index contributed by atoms with van der Waals surface area (Å²) >= 11 is 0. The molecule has 1 heterocycles. The lowest BCUT2D eigenvalue weighted by Crippen LogP contribution is -2.22. The minimum Gasteiger partial charge on any atom is -0.311 e. The molecule has 0 aromatic heterocycles. The topological polar surface area (TPSA) is 6.48 Å². The molecule has 1 aliphatic heterocycles. The van der Waals surface area contributed by atoms with E-state index in [9.17, 15) is 24.7 Å². The largest absolute Gasteiger partial charge is 0.311 e. The first-order valence-electron chi connectivity index (χ1n) is 36.1. The number of para-hydroxylation sites is 2. The fraction of sp³-hybridized carbons (Fsp3) is 0.0370. The summed E-state index contributed by atoms with van der Waals surface area (Å²) in [6.07, 6.45) is 0. The zero-order valence-corrected chi connectivity index (χ0v) is 27.9. The molecule has 0 aliphatic carbocycles. The summed E-state index contributed by atoms with van der Waals surface area (Å²) in [6, 6.07) is -45.7. The van der Waals surface area contributed by atoms with Crippen LogP contribution in [-0.2, 0) is 0 Å². The van der Waals surface area contributed by atoms with Crippen LogP contribution in [0.3, 0.4) is 0 Å². The highest BCUT2D eigenvalue weighted by Gasteiger charge is 2.33. The summed E-state index contributed by atoms with van der Waals surface area (Å²) in [5, 5.41) is -2.15. The maximum Gasteiger partial charge on any atom is 0.0645 e. The Morgan fingerprint density at radius 3 is 1.70 bits per heavy atom. The average molecular weight is 757 g/mol. The first-order valence-corrected chi connectivity index (χ1v) is 16.1. The molecule has 2 heteroatoms. The average Bonchev–Trinajstić information content (AvgIpc) is 0.663. The Labute approximate surface area is 385 Å². The molecule has 0 amide bonds. The second-order valence-electron chi connectivity index (χ2n) is 11.4. The molecule has 56 heavy (non-hydrogen) atoms. The van der Waals surface area contributed by atoms with Crippen molar-refractivity contribution in [2.24, 2.45) is 0 Å². The molecule has 0 radical (unpaired) electrons. The van der Waals surface area contributed by atoms with Crippen molar-refractivity contribution in [3.8, 4) is 33.4 Å². The molecule has 0 saturated heterocycles. The van der Waals surface area contributed by atoms with Crippen molar-refractivity contribution in [3.05, 3.63) is 229 Å². The van der Waals surface area contributed by atoms with Crippen LogP contribution in [0.25, 0.3) is 44.2 Å². The number of fused-ring (bicyclic) bond motifs is 3. The molecule has 0 spiro atoms. The molecule has 2 nitrogen and oxygen atoms in total. The Kier molecular flexibility index (Phi) is 2.97. The fourth-order valence-corrected chi connectivity index (χ4v) is 5.93. The Hall–Kier alpha value is -7.16. The van der Waals surface area contributed by atoms with Crippen LogP contribution < -0.4 is 9.80 Å². The van der Waals surface area contributed by atoms with E-state index in [0.29, 0.717) is 4.90 Å². The lowest BCUT2D eigenvalue weighted by Gasteiger charge is -2.39. The van der Waals surface area contributed by atoms with Crippen LogP contribution in [0, 0.1) is 0 Å². The van der Waals surface area contributed by atoms with E-state index in [2.05, 4.69) is 0 Å². The van der Waals surface area contributed by atoms with Crippen molar-refractivity contribution < 1.29 is 54.8 Å². The van der Waals surface area contributed by atoms with Crippen LogP contribution in [0.5, 0.6) is 0 Å². The lowest BCUT2D eigenvalue weighted by molar-refractivity contribution is 0.895. The van der Waals surface area contributed by atoms with Gasteiger partial charge in [0.1, 0.15) is 0 Å². The highest BCUT2D eigenvalue weighted by Crippen LogP contribution is 2.55. The van der Waals surface area contributed by atoms with Crippen LogP contribution >= 0.6 is 0 Å². The second kappa shape index (κ2) is 14.2. The van der Waals surface area contributed by atoms with Gasteiger partial charge >= 0.3 is 0 Å². The van der Waals surface area contributed by atoms with Gasteiger partial charge in [-0.25, -0.2) is 0 Å². The number of hydrogen-bond acceptors (Lipinski definition) is 2. The van der Waals surface area contributed by atoms with Gasteiger partial charge in [0.25, 0.3) is 0 Å². The van der Waals surface area contributed by atoms with E-state index in [4.69, 9.17) is 30.2 Å². The molecule has 266 valence electrons. The van der Waals surface area contributed by atoms with E-state index in [1.807, 2.05) is 0 Å². The van der Waals surface area contributed by atoms with Crippen molar-refractivity contribution in [2.75, 3.05) is 9.80 Å². The standard InChI is InChI=1S/C54H40N2/c1-38-47-23-13-14-26-51(47)56(52-27-15-25-48(53(38)52)41-18-7-3-8-19-41)54-49-24-12-11-20-42(49)32-37-50(54)43-30-35-46(36-31-43)55(44-21-9-4-10-22-44)45-33-28-40(29-34-45)39-16-5-2-6-17-39/h2-38H,1H3/i1D3,2D,3D,4D,5D,6D,7D,8D,9D,10D,11D,12D,13D,14D,15D,16D,17D,18D,19D,20D,21D,22D,23D,24D,25D,26D,27D,28D,29D,30D,31D,32D,33D,34D,35D,36D,37D,38D. The van der Waals surface area contributed by atoms with Crippen molar-refractivity contribution in [2.45, 2.75) is 12.7 Å². The van der Waals surface area contributed by atoms with Crippen molar-refractivity contribution >= 4 is 44.9 Å². The summed E-state index contributed by atoms with van der Waals surface area (Å²) in [6.45, 7) is -4.09. The normalized spacial score (nSPS) is 24.8. The van der Waals surface area contributed by atoms with Gasteiger partial charge in [0, 0.05) is 45.1 Å². The number of anilines is 6. The summed E-state index contributed by atoms with van der Waals surface area (Å²) in [4.78, 5) is 0.499.